The van der Waals surface area contributed by atoms with Gasteiger partial charge in [0.05, 0.1) is 10.4 Å². The molecule has 0 radical (unpaired) electrons. The van der Waals surface area contributed by atoms with Gasteiger partial charge in [-0.25, -0.2) is 0 Å². The lowest BCUT2D eigenvalue weighted by atomic mass is 10.2. The molecular formula is C14H17NO2S. The number of thiophene rings is 1. The van der Waals surface area contributed by atoms with Crippen LogP contribution >= 0.6 is 11.3 Å². The number of rotatable bonds is 5. The molecule has 1 saturated carbocycles. The summed E-state index contributed by atoms with van der Waals surface area (Å²) in [7, 11) is 0. The fourth-order valence-corrected chi connectivity index (χ4v) is 2.50. The number of aliphatic hydroxyl groups is 1. The maximum atomic E-state index is 11.8. The molecule has 1 fully saturated rings. The van der Waals surface area contributed by atoms with Crippen molar-refractivity contribution in [2.24, 2.45) is 5.92 Å². The molecule has 0 bridgehead atoms. The summed E-state index contributed by atoms with van der Waals surface area (Å²) in [5.41, 5.74) is 0.661. The number of aliphatic hydroxyl groups excluding tert-OH is 1. The summed E-state index contributed by atoms with van der Waals surface area (Å²) in [5.74, 6) is 6.26. The van der Waals surface area contributed by atoms with Crippen molar-refractivity contribution in [3.05, 3.63) is 21.9 Å². The van der Waals surface area contributed by atoms with Crippen LogP contribution in [-0.2, 0) is 0 Å². The van der Waals surface area contributed by atoms with Gasteiger partial charge >= 0.3 is 0 Å². The average molecular weight is 263 g/mol. The molecule has 18 heavy (non-hydrogen) atoms. The number of carbonyl (C=O) groups is 1. The molecule has 0 aromatic carbocycles. The van der Waals surface area contributed by atoms with Crippen LogP contribution < -0.4 is 5.32 Å². The summed E-state index contributed by atoms with van der Waals surface area (Å²) in [5, 5.41) is 13.3. The van der Waals surface area contributed by atoms with Crippen LogP contribution in [0.5, 0.6) is 0 Å². The van der Waals surface area contributed by atoms with E-state index in [2.05, 4.69) is 17.2 Å². The van der Waals surface area contributed by atoms with E-state index >= 15 is 0 Å². The summed E-state index contributed by atoms with van der Waals surface area (Å²) < 4.78 is 0. The van der Waals surface area contributed by atoms with Gasteiger partial charge in [0.15, 0.2) is 0 Å². The van der Waals surface area contributed by atoms with E-state index in [0.717, 1.165) is 23.8 Å². The Balaban J connectivity index is 1.74. The van der Waals surface area contributed by atoms with Crippen LogP contribution in [0.25, 0.3) is 0 Å². The SMILES string of the molecule is O=C(NCCCC1CC1)c1csc(C#CCO)c1. The predicted octanol–water partition coefficient (Wildman–Crippen LogP) is 2.01. The molecule has 1 heterocycles. The van der Waals surface area contributed by atoms with Gasteiger partial charge in [-0.3, -0.25) is 4.79 Å². The molecule has 3 nitrogen and oxygen atoms in total. The molecule has 1 aliphatic carbocycles. The van der Waals surface area contributed by atoms with Crippen LogP contribution in [0.4, 0.5) is 0 Å². The molecule has 1 aromatic rings. The quantitative estimate of drug-likeness (QED) is 0.630. The van der Waals surface area contributed by atoms with Crippen molar-refractivity contribution in [1.82, 2.24) is 5.32 Å². The Bertz CT molecular complexity index is 466. The normalized spacial score (nSPS) is 13.8. The number of hydrogen-bond acceptors (Lipinski definition) is 3. The van der Waals surface area contributed by atoms with Gasteiger partial charge in [0.2, 0.25) is 0 Å². The second kappa shape index (κ2) is 6.58. The first kappa shape index (κ1) is 13.1. The monoisotopic (exact) mass is 263 g/mol. The minimum Gasteiger partial charge on any atom is -0.384 e. The van der Waals surface area contributed by atoms with Crippen molar-refractivity contribution in [1.29, 1.82) is 0 Å². The topological polar surface area (TPSA) is 49.3 Å². The number of carbonyl (C=O) groups excluding carboxylic acids is 1. The van der Waals surface area contributed by atoms with E-state index in [4.69, 9.17) is 5.11 Å². The summed E-state index contributed by atoms with van der Waals surface area (Å²) in [6, 6.07) is 1.77. The maximum Gasteiger partial charge on any atom is 0.252 e. The first-order valence-corrected chi connectivity index (χ1v) is 7.14. The lowest BCUT2D eigenvalue weighted by molar-refractivity contribution is 0.0953. The van der Waals surface area contributed by atoms with Crippen LogP contribution in [0.3, 0.4) is 0 Å². The Hall–Kier alpha value is -1.31. The van der Waals surface area contributed by atoms with Gasteiger partial charge in [0.1, 0.15) is 6.61 Å². The molecule has 1 aromatic heterocycles. The standard InChI is InChI=1S/C14H17NO2S/c16-8-2-4-13-9-12(10-18-13)14(17)15-7-1-3-11-5-6-11/h9-11,16H,1,3,5-8H2,(H,15,17). The second-order valence-corrected chi connectivity index (χ2v) is 5.41. The molecule has 2 N–H and O–H groups in total. The third-order valence-electron chi connectivity index (χ3n) is 2.92. The minimum atomic E-state index is -0.152. The third kappa shape index (κ3) is 4.17. The summed E-state index contributed by atoms with van der Waals surface area (Å²) >= 11 is 1.43. The van der Waals surface area contributed by atoms with Gasteiger partial charge in [-0.15, -0.1) is 11.3 Å². The van der Waals surface area contributed by atoms with Crippen molar-refractivity contribution < 1.29 is 9.90 Å². The van der Waals surface area contributed by atoms with Crippen molar-refractivity contribution in [3.63, 3.8) is 0 Å². The second-order valence-electron chi connectivity index (χ2n) is 4.50. The largest absolute Gasteiger partial charge is 0.384 e. The maximum absolute atomic E-state index is 11.8. The van der Waals surface area contributed by atoms with Gasteiger partial charge in [-0.2, -0.15) is 0 Å². The Morgan fingerprint density at radius 2 is 2.39 bits per heavy atom. The lowest BCUT2D eigenvalue weighted by Crippen LogP contribution is -2.23. The van der Waals surface area contributed by atoms with Crippen LogP contribution in [0.15, 0.2) is 11.4 Å². The van der Waals surface area contributed by atoms with Crippen LogP contribution in [0.1, 0.15) is 40.9 Å². The van der Waals surface area contributed by atoms with Crippen molar-refractivity contribution >= 4 is 17.2 Å². The molecule has 1 amide bonds. The highest BCUT2D eigenvalue weighted by Gasteiger charge is 2.20. The molecule has 0 spiro atoms. The first-order chi connectivity index (χ1) is 8.79. The third-order valence-corrected chi connectivity index (χ3v) is 3.77. The Labute approximate surface area is 111 Å². The van der Waals surface area contributed by atoms with Gasteiger partial charge in [-0.1, -0.05) is 24.7 Å². The van der Waals surface area contributed by atoms with Crippen molar-refractivity contribution in [3.8, 4) is 11.8 Å². The van der Waals surface area contributed by atoms with Gasteiger partial charge in [-0.05, 0) is 24.8 Å². The highest BCUT2D eigenvalue weighted by atomic mass is 32.1. The Kier molecular flexibility index (Phi) is 4.80. The van der Waals surface area contributed by atoms with Crippen LogP contribution in [0.2, 0.25) is 0 Å². The molecule has 1 aliphatic rings. The molecular weight excluding hydrogens is 246 g/mol. The van der Waals surface area contributed by atoms with E-state index in [0.29, 0.717) is 5.56 Å². The zero-order valence-corrected chi connectivity index (χ0v) is 11.1. The fourth-order valence-electron chi connectivity index (χ4n) is 1.75. The van der Waals surface area contributed by atoms with E-state index in [-0.39, 0.29) is 12.5 Å². The molecule has 0 atom stereocenters. The highest BCUT2D eigenvalue weighted by Crippen LogP contribution is 2.33. The predicted molar refractivity (Wildman–Crippen MR) is 72.6 cm³/mol. The number of hydrogen-bond donors (Lipinski definition) is 2. The van der Waals surface area contributed by atoms with E-state index in [9.17, 15) is 4.79 Å². The van der Waals surface area contributed by atoms with Gasteiger partial charge in [0.25, 0.3) is 5.91 Å². The molecule has 0 aliphatic heterocycles. The van der Waals surface area contributed by atoms with E-state index in [1.54, 1.807) is 11.4 Å². The highest BCUT2D eigenvalue weighted by molar-refractivity contribution is 7.10. The minimum absolute atomic E-state index is 0.0286. The molecule has 0 unspecified atom stereocenters. The zero-order valence-electron chi connectivity index (χ0n) is 10.2. The molecule has 2 rings (SSSR count). The lowest BCUT2D eigenvalue weighted by Gasteiger charge is -2.02. The van der Waals surface area contributed by atoms with E-state index in [1.807, 2.05) is 0 Å². The summed E-state index contributed by atoms with van der Waals surface area (Å²) in [4.78, 5) is 12.6. The first-order valence-electron chi connectivity index (χ1n) is 6.26. The number of amides is 1. The van der Waals surface area contributed by atoms with Crippen LogP contribution in [0, 0.1) is 17.8 Å². The van der Waals surface area contributed by atoms with Gasteiger partial charge < -0.3 is 10.4 Å². The average Bonchev–Trinajstić information content (AvgIpc) is 3.08. The summed E-state index contributed by atoms with van der Waals surface area (Å²) in [6.45, 7) is 0.601. The fraction of sp³-hybridized carbons (Fsp3) is 0.500. The van der Waals surface area contributed by atoms with E-state index in [1.165, 1.54) is 30.6 Å². The Morgan fingerprint density at radius 3 is 3.11 bits per heavy atom. The summed E-state index contributed by atoms with van der Waals surface area (Å²) in [6.07, 6.45) is 5.03. The smallest absolute Gasteiger partial charge is 0.252 e. The molecule has 4 heteroatoms. The van der Waals surface area contributed by atoms with Crippen molar-refractivity contribution in [2.45, 2.75) is 25.7 Å². The van der Waals surface area contributed by atoms with Gasteiger partial charge in [0, 0.05) is 11.9 Å². The molecule has 0 saturated heterocycles. The molecule has 96 valence electrons. The van der Waals surface area contributed by atoms with E-state index < -0.39 is 0 Å². The Morgan fingerprint density at radius 1 is 1.56 bits per heavy atom. The zero-order chi connectivity index (χ0) is 12.8. The van der Waals surface area contributed by atoms with Crippen molar-refractivity contribution in [2.75, 3.05) is 13.2 Å². The number of nitrogens with one attached hydrogen (secondary N) is 1. The van der Waals surface area contributed by atoms with Crippen LogP contribution in [-0.4, -0.2) is 24.2 Å².